The summed E-state index contributed by atoms with van der Waals surface area (Å²) in [6.45, 7) is 0.269. The molecule has 2 rings (SSSR count). The zero-order valence-electron chi connectivity index (χ0n) is 9.27. The lowest BCUT2D eigenvalue weighted by molar-refractivity contribution is 0.201. The molecular formula is C14H13FO2. The first-order valence-corrected chi connectivity index (χ1v) is 5.39. The van der Waals surface area contributed by atoms with Crippen molar-refractivity contribution in [1.82, 2.24) is 0 Å². The summed E-state index contributed by atoms with van der Waals surface area (Å²) >= 11 is 0. The van der Waals surface area contributed by atoms with E-state index in [9.17, 15) is 4.39 Å². The first-order chi connectivity index (χ1) is 8.29. The summed E-state index contributed by atoms with van der Waals surface area (Å²) in [6.07, 6.45) is 0. The number of aliphatic hydroxyl groups excluding tert-OH is 1. The molecule has 0 heterocycles. The average Bonchev–Trinajstić information content (AvgIpc) is 2.37. The summed E-state index contributed by atoms with van der Waals surface area (Å²) in [6, 6.07) is 13.8. The van der Waals surface area contributed by atoms with E-state index < -0.39 is 0 Å². The fourth-order valence-corrected chi connectivity index (χ4v) is 1.58. The van der Waals surface area contributed by atoms with Gasteiger partial charge in [-0.2, -0.15) is 0 Å². The zero-order chi connectivity index (χ0) is 12.1. The highest BCUT2D eigenvalue weighted by Gasteiger charge is 1.99. The SMILES string of the molecule is OCCOc1ccc(-c2cccc(F)c2)cc1. The summed E-state index contributed by atoms with van der Waals surface area (Å²) in [5.74, 6) is 0.447. The molecule has 0 fully saturated rings. The summed E-state index contributed by atoms with van der Waals surface area (Å²) in [4.78, 5) is 0. The predicted octanol–water partition coefficient (Wildman–Crippen LogP) is 2.86. The molecule has 3 heteroatoms. The topological polar surface area (TPSA) is 29.5 Å². The smallest absolute Gasteiger partial charge is 0.123 e. The highest BCUT2D eigenvalue weighted by Crippen LogP contribution is 2.22. The third-order valence-corrected chi connectivity index (χ3v) is 2.37. The molecule has 0 aromatic heterocycles. The average molecular weight is 232 g/mol. The Labute approximate surface area is 99.3 Å². The van der Waals surface area contributed by atoms with Gasteiger partial charge in [-0.3, -0.25) is 0 Å². The van der Waals surface area contributed by atoms with Gasteiger partial charge in [0.15, 0.2) is 0 Å². The minimum absolute atomic E-state index is 0.00829. The fourth-order valence-electron chi connectivity index (χ4n) is 1.58. The van der Waals surface area contributed by atoms with Gasteiger partial charge < -0.3 is 9.84 Å². The molecule has 0 aliphatic carbocycles. The van der Waals surface area contributed by atoms with Gasteiger partial charge in [0, 0.05) is 0 Å². The Morgan fingerprint density at radius 1 is 1.00 bits per heavy atom. The van der Waals surface area contributed by atoms with Crippen molar-refractivity contribution in [2.24, 2.45) is 0 Å². The van der Waals surface area contributed by atoms with Crippen LogP contribution in [0.1, 0.15) is 0 Å². The van der Waals surface area contributed by atoms with E-state index in [1.807, 2.05) is 18.2 Å². The van der Waals surface area contributed by atoms with Crippen LogP contribution >= 0.6 is 0 Å². The molecule has 0 unspecified atom stereocenters. The molecule has 2 aromatic rings. The molecule has 1 N–H and O–H groups in total. The second-order valence-electron chi connectivity index (χ2n) is 3.61. The molecule has 0 amide bonds. The van der Waals surface area contributed by atoms with Crippen molar-refractivity contribution in [2.75, 3.05) is 13.2 Å². The zero-order valence-corrected chi connectivity index (χ0v) is 9.27. The number of ether oxygens (including phenoxy) is 1. The second-order valence-corrected chi connectivity index (χ2v) is 3.61. The standard InChI is InChI=1S/C14H13FO2/c15-13-3-1-2-12(10-13)11-4-6-14(7-5-11)17-9-8-16/h1-7,10,16H,8-9H2. The molecule has 0 radical (unpaired) electrons. The second kappa shape index (κ2) is 5.46. The van der Waals surface area contributed by atoms with Crippen LogP contribution in [0.25, 0.3) is 11.1 Å². The molecule has 0 saturated carbocycles. The van der Waals surface area contributed by atoms with E-state index in [1.54, 1.807) is 18.2 Å². The van der Waals surface area contributed by atoms with Gasteiger partial charge in [-0.25, -0.2) is 4.39 Å². The third-order valence-electron chi connectivity index (χ3n) is 2.37. The molecule has 88 valence electrons. The van der Waals surface area contributed by atoms with Crippen molar-refractivity contribution < 1.29 is 14.2 Å². The monoisotopic (exact) mass is 232 g/mol. The highest BCUT2D eigenvalue weighted by molar-refractivity contribution is 5.64. The minimum Gasteiger partial charge on any atom is -0.491 e. The molecule has 2 aromatic carbocycles. The van der Waals surface area contributed by atoms with Gasteiger partial charge >= 0.3 is 0 Å². The molecule has 17 heavy (non-hydrogen) atoms. The van der Waals surface area contributed by atoms with E-state index in [1.165, 1.54) is 12.1 Å². The lowest BCUT2D eigenvalue weighted by Crippen LogP contribution is -2.01. The van der Waals surface area contributed by atoms with Crippen LogP contribution in [0.5, 0.6) is 5.75 Å². The van der Waals surface area contributed by atoms with Gasteiger partial charge in [0.2, 0.25) is 0 Å². The van der Waals surface area contributed by atoms with Crippen LogP contribution in [0.15, 0.2) is 48.5 Å². The summed E-state index contributed by atoms with van der Waals surface area (Å²) in [7, 11) is 0. The lowest BCUT2D eigenvalue weighted by Gasteiger charge is -2.06. The Bertz CT molecular complexity index is 480. The van der Waals surface area contributed by atoms with Crippen molar-refractivity contribution in [1.29, 1.82) is 0 Å². The van der Waals surface area contributed by atoms with E-state index >= 15 is 0 Å². The van der Waals surface area contributed by atoms with Gasteiger partial charge in [-0.05, 0) is 35.4 Å². The minimum atomic E-state index is -0.247. The maximum atomic E-state index is 13.0. The van der Waals surface area contributed by atoms with Crippen LogP contribution in [0.2, 0.25) is 0 Å². The number of aliphatic hydroxyl groups is 1. The van der Waals surface area contributed by atoms with E-state index in [0.717, 1.165) is 11.1 Å². The van der Waals surface area contributed by atoms with Gasteiger partial charge in [0.05, 0.1) is 6.61 Å². The van der Waals surface area contributed by atoms with E-state index in [0.29, 0.717) is 5.75 Å². The molecule has 0 atom stereocenters. The van der Waals surface area contributed by atoms with Crippen molar-refractivity contribution in [2.45, 2.75) is 0 Å². The largest absolute Gasteiger partial charge is 0.491 e. The summed E-state index contributed by atoms with van der Waals surface area (Å²) in [5, 5.41) is 8.62. The Hall–Kier alpha value is -1.87. The molecule has 0 saturated heterocycles. The molecular weight excluding hydrogens is 219 g/mol. The first kappa shape index (κ1) is 11.6. The van der Waals surface area contributed by atoms with Gasteiger partial charge in [-0.1, -0.05) is 24.3 Å². The normalized spacial score (nSPS) is 10.2. The summed E-state index contributed by atoms with van der Waals surface area (Å²) in [5.41, 5.74) is 1.76. The Morgan fingerprint density at radius 2 is 1.76 bits per heavy atom. The van der Waals surface area contributed by atoms with E-state index in [4.69, 9.17) is 9.84 Å². The van der Waals surface area contributed by atoms with Gasteiger partial charge in [-0.15, -0.1) is 0 Å². The van der Waals surface area contributed by atoms with Gasteiger partial charge in [0.25, 0.3) is 0 Å². The van der Waals surface area contributed by atoms with Crippen molar-refractivity contribution in [3.8, 4) is 16.9 Å². The number of halogens is 1. The Kier molecular flexibility index (Phi) is 3.73. The van der Waals surface area contributed by atoms with Crippen molar-refractivity contribution in [3.63, 3.8) is 0 Å². The number of rotatable bonds is 4. The fraction of sp³-hybridized carbons (Fsp3) is 0.143. The van der Waals surface area contributed by atoms with Crippen molar-refractivity contribution >= 4 is 0 Å². The Balaban J connectivity index is 2.17. The van der Waals surface area contributed by atoms with Crippen LogP contribution in [-0.4, -0.2) is 18.3 Å². The molecule has 0 aliphatic heterocycles. The maximum Gasteiger partial charge on any atom is 0.123 e. The van der Waals surface area contributed by atoms with Crippen LogP contribution in [-0.2, 0) is 0 Å². The van der Waals surface area contributed by atoms with Crippen molar-refractivity contribution in [3.05, 3.63) is 54.3 Å². The predicted molar refractivity (Wildman–Crippen MR) is 64.4 cm³/mol. The quantitative estimate of drug-likeness (QED) is 0.878. The van der Waals surface area contributed by atoms with Crippen LogP contribution in [0.3, 0.4) is 0 Å². The van der Waals surface area contributed by atoms with Gasteiger partial charge in [0.1, 0.15) is 18.2 Å². The third kappa shape index (κ3) is 3.04. The van der Waals surface area contributed by atoms with E-state index in [-0.39, 0.29) is 19.0 Å². The number of hydrogen-bond acceptors (Lipinski definition) is 2. The lowest BCUT2D eigenvalue weighted by atomic mass is 10.1. The highest BCUT2D eigenvalue weighted by atomic mass is 19.1. The molecule has 0 spiro atoms. The molecule has 2 nitrogen and oxygen atoms in total. The maximum absolute atomic E-state index is 13.0. The van der Waals surface area contributed by atoms with Crippen LogP contribution < -0.4 is 4.74 Å². The molecule has 0 bridgehead atoms. The Morgan fingerprint density at radius 3 is 2.41 bits per heavy atom. The first-order valence-electron chi connectivity index (χ1n) is 5.39. The van der Waals surface area contributed by atoms with E-state index in [2.05, 4.69) is 0 Å². The number of hydrogen-bond donors (Lipinski definition) is 1. The number of benzene rings is 2. The van der Waals surface area contributed by atoms with Crippen LogP contribution in [0.4, 0.5) is 4.39 Å². The molecule has 0 aliphatic rings. The summed E-state index contributed by atoms with van der Waals surface area (Å²) < 4.78 is 18.3. The van der Waals surface area contributed by atoms with Crippen LogP contribution in [0, 0.1) is 5.82 Å².